The van der Waals surface area contributed by atoms with E-state index < -0.39 is 0 Å². The van der Waals surface area contributed by atoms with E-state index >= 15 is 0 Å². The highest BCUT2D eigenvalue weighted by atomic mass is 79.9. The molecule has 0 aliphatic carbocycles. The van der Waals surface area contributed by atoms with Crippen LogP contribution in [0.3, 0.4) is 0 Å². The first-order chi connectivity index (χ1) is 9.79. The predicted octanol–water partition coefficient (Wildman–Crippen LogP) is 4.52. The molecule has 1 N–H and O–H groups in total. The Morgan fingerprint density at radius 2 is 2.00 bits per heavy atom. The normalized spacial score (nSPS) is 12.3. The van der Waals surface area contributed by atoms with Crippen LogP contribution >= 0.6 is 15.9 Å². The van der Waals surface area contributed by atoms with Gasteiger partial charge in [-0.25, -0.2) is 0 Å². The summed E-state index contributed by atoms with van der Waals surface area (Å²) in [6, 6.07) is 13.2. The molecular formula is C17H21BrN2. The third-order valence-corrected chi connectivity index (χ3v) is 3.81. The van der Waals surface area contributed by atoms with Crippen molar-refractivity contribution in [2.45, 2.75) is 32.2 Å². The lowest BCUT2D eigenvalue weighted by Gasteiger charge is -2.18. The average Bonchev–Trinajstić information content (AvgIpc) is 2.47. The number of halogens is 1. The highest BCUT2D eigenvalue weighted by Gasteiger charge is 2.10. The number of pyridine rings is 1. The Kier molecular flexibility index (Phi) is 6.22. The van der Waals surface area contributed by atoms with E-state index in [1.54, 1.807) is 0 Å². The summed E-state index contributed by atoms with van der Waals surface area (Å²) in [4.78, 5) is 4.27. The molecule has 2 rings (SSSR count). The molecular weight excluding hydrogens is 312 g/mol. The maximum atomic E-state index is 4.27. The van der Waals surface area contributed by atoms with Gasteiger partial charge in [0.1, 0.15) is 0 Å². The minimum Gasteiger partial charge on any atom is -0.310 e. The van der Waals surface area contributed by atoms with Gasteiger partial charge in [-0.1, -0.05) is 37.3 Å². The Morgan fingerprint density at radius 3 is 2.70 bits per heavy atom. The average molecular weight is 333 g/mol. The molecule has 0 radical (unpaired) electrons. The topological polar surface area (TPSA) is 24.9 Å². The van der Waals surface area contributed by atoms with Gasteiger partial charge < -0.3 is 5.32 Å². The van der Waals surface area contributed by atoms with Crippen LogP contribution in [-0.2, 0) is 6.42 Å². The summed E-state index contributed by atoms with van der Waals surface area (Å²) in [7, 11) is 0. The first kappa shape index (κ1) is 15.2. The van der Waals surface area contributed by atoms with Gasteiger partial charge in [-0.2, -0.15) is 0 Å². The van der Waals surface area contributed by atoms with Crippen molar-refractivity contribution in [3.05, 3.63) is 64.4 Å². The number of aryl methyl sites for hydroxylation is 1. The van der Waals surface area contributed by atoms with E-state index in [-0.39, 0.29) is 0 Å². The lowest BCUT2D eigenvalue weighted by Crippen LogP contribution is -2.21. The van der Waals surface area contributed by atoms with Gasteiger partial charge in [-0.15, -0.1) is 0 Å². The predicted molar refractivity (Wildman–Crippen MR) is 87.7 cm³/mol. The second kappa shape index (κ2) is 8.18. The standard InChI is InChI=1S/C17H21BrN2/c1-2-20-17(15-11-16(18)13-19-12-15)10-6-9-14-7-4-3-5-8-14/h3-5,7-8,11-13,17,20H,2,6,9-10H2,1H3. The third kappa shape index (κ3) is 4.73. The maximum Gasteiger partial charge on any atom is 0.0410 e. The number of hydrogen-bond acceptors (Lipinski definition) is 2. The lowest BCUT2D eigenvalue weighted by molar-refractivity contribution is 0.496. The van der Waals surface area contributed by atoms with Crippen LogP contribution in [0.25, 0.3) is 0 Å². The molecule has 1 heterocycles. The molecule has 2 nitrogen and oxygen atoms in total. The Morgan fingerprint density at radius 1 is 1.20 bits per heavy atom. The number of rotatable bonds is 7. The zero-order valence-corrected chi connectivity index (χ0v) is 13.4. The van der Waals surface area contributed by atoms with Crippen LogP contribution in [0.2, 0.25) is 0 Å². The second-order valence-electron chi connectivity index (χ2n) is 4.92. The van der Waals surface area contributed by atoms with E-state index in [1.165, 1.54) is 17.5 Å². The van der Waals surface area contributed by atoms with Crippen LogP contribution < -0.4 is 5.32 Å². The zero-order chi connectivity index (χ0) is 14.2. The highest BCUT2D eigenvalue weighted by molar-refractivity contribution is 9.10. The van der Waals surface area contributed by atoms with Crippen LogP contribution in [0.1, 0.15) is 36.9 Å². The molecule has 1 unspecified atom stereocenters. The SMILES string of the molecule is CCNC(CCCc1ccccc1)c1cncc(Br)c1. The summed E-state index contributed by atoms with van der Waals surface area (Å²) in [6.07, 6.45) is 7.22. The first-order valence-electron chi connectivity index (χ1n) is 7.17. The Labute approximate surface area is 129 Å². The Bertz CT molecular complexity index is 513. The quantitative estimate of drug-likeness (QED) is 0.806. The Hall–Kier alpha value is -1.19. The molecule has 0 amide bonds. The summed E-state index contributed by atoms with van der Waals surface area (Å²) in [6.45, 7) is 3.12. The van der Waals surface area contributed by atoms with Crippen molar-refractivity contribution in [2.75, 3.05) is 6.54 Å². The molecule has 0 aliphatic rings. The second-order valence-corrected chi connectivity index (χ2v) is 5.84. The third-order valence-electron chi connectivity index (χ3n) is 3.38. The molecule has 20 heavy (non-hydrogen) atoms. The van der Waals surface area contributed by atoms with Crippen LogP contribution in [0.15, 0.2) is 53.3 Å². The van der Waals surface area contributed by atoms with E-state index in [0.29, 0.717) is 6.04 Å². The van der Waals surface area contributed by atoms with Gasteiger partial charge in [-0.05, 0) is 58.9 Å². The fourth-order valence-electron chi connectivity index (χ4n) is 2.41. The van der Waals surface area contributed by atoms with Crippen molar-refractivity contribution in [2.24, 2.45) is 0 Å². The molecule has 0 saturated heterocycles. The molecule has 3 heteroatoms. The van der Waals surface area contributed by atoms with Gasteiger partial charge in [0.15, 0.2) is 0 Å². The maximum absolute atomic E-state index is 4.27. The molecule has 0 fully saturated rings. The van der Waals surface area contributed by atoms with Crippen molar-refractivity contribution < 1.29 is 0 Å². The van der Waals surface area contributed by atoms with Gasteiger partial charge in [0, 0.05) is 22.9 Å². The largest absolute Gasteiger partial charge is 0.310 e. The molecule has 0 saturated carbocycles. The summed E-state index contributed by atoms with van der Waals surface area (Å²) in [5.41, 5.74) is 2.67. The van der Waals surface area contributed by atoms with Crippen LogP contribution in [0.5, 0.6) is 0 Å². The molecule has 2 aromatic rings. The number of benzene rings is 1. The lowest BCUT2D eigenvalue weighted by atomic mass is 10.0. The molecule has 0 spiro atoms. The summed E-state index contributed by atoms with van der Waals surface area (Å²) in [5.74, 6) is 0. The first-order valence-corrected chi connectivity index (χ1v) is 7.96. The van der Waals surface area contributed by atoms with Crippen LogP contribution in [-0.4, -0.2) is 11.5 Å². The van der Waals surface area contributed by atoms with Crippen molar-refractivity contribution in [3.63, 3.8) is 0 Å². The fourth-order valence-corrected chi connectivity index (χ4v) is 2.79. The molecule has 106 valence electrons. The summed E-state index contributed by atoms with van der Waals surface area (Å²) < 4.78 is 1.04. The van der Waals surface area contributed by atoms with Crippen molar-refractivity contribution in [3.8, 4) is 0 Å². The highest BCUT2D eigenvalue weighted by Crippen LogP contribution is 2.21. The van der Waals surface area contributed by atoms with Gasteiger partial charge in [-0.3, -0.25) is 4.98 Å². The van der Waals surface area contributed by atoms with Gasteiger partial charge in [0.25, 0.3) is 0 Å². The van der Waals surface area contributed by atoms with E-state index in [2.05, 4.69) is 69.6 Å². The van der Waals surface area contributed by atoms with E-state index in [9.17, 15) is 0 Å². The number of aromatic nitrogens is 1. The molecule has 0 aliphatic heterocycles. The fraction of sp³-hybridized carbons (Fsp3) is 0.353. The number of hydrogen-bond donors (Lipinski definition) is 1. The van der Waals surface area contributed by atoms with Crippen LogP contribution in [0.4, 0.5) is 0 Å². The van der Waals surface area contributed by atoms with Crippen LogP contribution in [0, 0.1) is 0 Å². The Balaban J connectivity index is 1.92. The van der Waals surface area contributed by atoms with Gasteiger partial charge in [0.2, 0.25) is 0 Å². The zero-order valence-electron chi connectivity index (χ0n) is 11.8. The van der Waals surface area contributed by atoms with Gasteiger partial charge >= 0.3 is 0 Å². The smallest absolute Gasteiger partial charge is 0.0410 e. The molecule has 0 bridgehead atoms. The van der Waals surface area contributed by atoms with Crippen molar-refractivity contribution in [1.82, 2.24) is 10.3 Å². The van der Waals surface area contributed by atoms with Gasteiger partial charge in [0.05, 0.1) is 0 Å². The summed E-state index contributed by atoms with van der Waals surface area (Å²) in [5, 5.41) is 3.55. The van der Waals surface area contributed by atoms with Crippen molar-refractivity contribution >= 4 is 15.9 Å². The van der Waals surface area contributed by atoms with E-state index in [0.717, 1.165) is 23.9 Å². The number of nitrogens with zero attached hydrogens (tertiary/aromatic N) is 1. The summed E-state index contributed by atoms with van der Waals surface area (Å²) >= 11 is 3.50. The molecule has 1 atom stereocenters. The molecule has 1 aromatic heterocycles. The minimum absolute atomic E-state index is 0.383. The number of nitrogens with one attached hydrogen (secondary N) is 1. The van der Waals surface area contributed by atoms with E-state index in [4.69, 9.17) is 0 Å². The molecule has 1 aromatic carbocycles. The van der Waals surface area contributed by atoms with Crippen molar-refractivity contribution in [1.29, 1.82) is 0 Å². The minimum atomic E-state index is 0.383. The van der Waals surface area contributed by atoms with E-state index in [1.807, 2.05) is 12.4 Å². The monoisotopic (exact) mass is 332 g/mol.